The second-order valence-electron chi connectivity index (χ2n) is 6.70. The van der Waals surface area contributed by atoms with Crippen molar-refractivity contribution < 1.29 is 19.4 Å². The van der Waals surface area contributed by atoms with Crippen molar-refractivity contribution in [2.24, 2.45) is 0 Å². The van der Waals surface area contributed by atoms with E-state index in [2.05, 4.69) is 4.90 Å². The number of aromatic nitrogens is 1. The van der Waals surface area contributed by atoms with Gasteiger partial charge in [-0.05, 0) is 42.0 Å². The number of anilines is 1. The van der Waals surface area contributed by atoms with Gasteiger partial charge in [0.25, 0.3) is 0 Å². The van der Waals surface area contributed by atoms with Gasteiger partial charge in [-0.2, -0.15) is 0 Å². The van der Waals surface area contributed by atoms with Crippen molar-refractivity contribution in [1.29, 1.82) is 0 Å². The van der Waals surface area contributed by atoms with Gasteiger partial charge in [0.05, 0.1) is 43.7 Å². The van der Waals surface area contributed by atoms with Gasteiger partial charge in [0, 0.05) is 12.4 Å². The maximum atomic E-state index is 12.3. The lowest BCUT2D eigenvalue weighted by atomic mass is 10.1. The average Bonchev–Trinajstić information content (AvgIpc) is 3.24. The zero-order chi connectivity index (χ0) is 19.5. The van der Waals surface area contributed by atoms with Gasteiger partial charge in [0.15, 0.2) is 0 Å². The van der Waals surface area contributed by atoms with Crippen LogP contribution in [0.15, 0.2) is 67.0 Å². The smallest absolute Gasteiger partial charge is 0.340 e. The van der Waals surface area contributed by atoms with Crippen LogP contribution in [0.4, 0.5) is 5.69 Å². The molecule has 0 radical (unpaired) electrons. The normalized spacial score (nSPS) is 13.9. The van der Waals surface area contributed by atoms with Crippen molar-refractivity contribution in [1.82, 2.24) is 4.57 Å². The number of para-hydroxylation sites is 1. The van der Waals surface area contributed by atoms with Gasteiger partial charge in [0.1, 0.15) is 11.9 Å². The molecule has 1 saturated heterocycles. The zero-order valence-corrected chi connectivity index (χ0v) is 15.6. The Hall–Kier alpha value is -3.25. The largest absolute Gasteiger partial charge is 0.487 e. The van der Waals surface area contributed by atoms with Gasteiger partial charge in [0.2, 0.25) is 0 Å². The molecule has 0 atom stereocenters. The Morgan fingerprint density at radius 2 is 1.79 bits per heavy atom. The molecule has 0 spiro atoms. The number of hydrogen-bond acceptors (Lipinski definition) is 5. The lowest BCUT2D eigenvalue weighted by molar-refractivity contribution is 0.0601. The number of aliphatic hydroxyl groups is 1. The third-order valence-corrected chi connectivity index (χ3v) is 4.88. The Balaban J connectivity index is 1.53. The molecule has 0 aliphatic carbocycles. The SMILES string of the molecule is COC(=O)c1cccc(N2CC(Oc3ccc(CO)cc3)C2)c1-n1cccc1. The predicted octanol–water partition coefficient (Wildman–Crippen LogP) is 3.02. The second kappa shape index (κ2) is 7.78. The number of methoxy groups -OCH3 is 1. The number of ether oxygens (including phenoxy) is 2. The lowest BCUT2D eigenvalue weighted by Gasteiger charge is -2.41. The number of hydrogen-bond donors (Lipinski definition) is 1. The minimum Gasteiger partial charge on any atom is -0.487 e. The molecule has 144 valence electrons. The van der Waals surface area contributed by atoms with Crippen LogP contribution in [0.3, 0.4) is 0 Å². The van der Waals surface area contributed by atoms with E-state index in [1.54, 1.807) is 6.07 Å². The highest BCUT2D eigenvalue weighted by molar-refractivity contribution is 5.96. The second-order valence-corrected chi connectivity index (χ2v) is 6.70. The first-order valence-electron chi connectivity index (χ1n) is 9.15. The van der Waals surface area contributed by atoms with Gasteiger partial charge in [-0.25, -0.2) is 4.79 Å². The molecule has 6 nitrogen and oxygen atoms in total. The molecule has 28 heavy (non-hydrogen) atoms. The van der Waals surface area contributed by atoms with Crippen LogP contribution in [0.1, 0.15) is 15.9 Å². The zero-order valence-electron chi connectivity index (χ0n) is 15.6. The molecule has 1 fully saturated rings. The summed E-state index contributed by atoms with van der Waals surface area (Å²) in [6, 6.07) is 17.0. The fourth-order valence-corrected chi connectivity index (χ4v) is 3.39. The molecule has 0 unspecified atom stereocenters. The van der Waals surface area contributed by atoms with Crippen molar-refractivity contribution in [3.8, 4) is 11.4 Å². The number of esters is 1. The van der Waals surface area contributed by atoms with Crippen molar-refractivity contribution in [3.63, 3.8) is 0 Å². The van der Waals surface area contributed by atoms with Crippen molar-refractivity contribution >= 4 is 11.7 Å². The van der Waals surface area contributed by atoms with E-state index >= 15 is 0 Å². The van der Waals surface area contributed by atoms with Gasteiger partial charge < -0.3 is 24.0 Å². The van der Waals surface area contributed by atoms with E-state index in [0.717, 1.165) is 35.8 Å². The van der Waals surface area contributed by atoms with E-state index in [4.69, 9.17) is 14.6 Å². The molecular formula is C22H22N2O4. The predicted molar refractivity (Wildman–Crippen MR) is 106 cm³/mol. The molecule has 4 rings (SSSR count). The Morgan fingerprint density at radius 1 is 1.07 bits per heavy atom. The van der Waals surface area contributed by atoms with Gasteiger partial charge in [-0.3, -0.25) is 0 Å². The highest BCUT2D eigenvalue weighted by atomic mass is 16.5. The molecule has 0 amide bonds. The van der Waals surface area contributed by atoms with Gasteiger partial charge in [-0.1, -0.05) is 18.2 Å². The topological polar surface area (TPSA) is 63.9 Å². The van der Waals surface area contributed by atoms with E-state index in [1.807, 2.05) is 65.5 Å². The first-order valence-corrected chi connectivity index (χ1v) is 9.15. The summed E-state index contributed by atoms with van der Waals surface area (Å²) in [7, 11) is 1.39. The Bertz CT molecular complexity index is 945. The van der Waals surface area contributed by atoms with Crippen LogP contribution in [0, 0.1) is 0 Å². The van der Waals surface area contributed by atoms with Crippen LogP contribution in [0.25, 0.3) is 5.69 Å². The third kappa shape index (κ3) is 3.46. The highest BCUT2D eigenvalue weighted by Gasteiger charge is 2.31. The quantitative estimate of drug-likeness (QED) is 0.668. The first kappa shape index (κ1) is 18.1. The molecular weight excluding hydrogens is 356 g/mol. The standard InChI is InChI=1S/C22H22N2O4/c1-27-22(26)19-5-4-6-20(21(19)23-11-2-3-12-23)24-13-18(14-24)28-17-9-7-16(15-25)8-10-17/h2-12,18,25H,13-15H2,1H3. The highest BCUT2D eigenvalue weighted by Crippen LogP contribution is 2.33. The first-order chi connectivity index (χ1) is 13.7. The minimum atomic E-state index is -0.358. The number of aliphatic hydroxyl groups excluding tert-OH is 1. The molecule has 0 saturated carbocycles. The number of rotatable bonds is 6. The Kier molecular flexibility index (Phi) is 5.04. The Morgan fingerprint density at radius 3 is 2.43 bits per heavy atom. The molecule has 6 heteroatoms. The number of carbonyl (C=O) groups is 1. The summed E-state index contributed by atoms with van der Waals surface area (Å²) < 4.78 is 12.9. The Labute approximate surface area is 163 Å². The fourth-order valence-electron chi connectivity index (χ4n) is 3.39. The number of benzene rings is 2. The third-order valence-electron chi connectivity index (χ3n) is 4.88. The average molecular weight is 378 g/mol. The van der Waals surface area contributed by atoms with E-state index in [1.165, 1.54) is 7.11 Å². The monoisotopic (exact) mass is 378 g/mol. The maximum absolute atomic E-state index is 12.3. The molecule has 1 aliphatic heterocycles. The van der Waals surface area contributed by atoms with Crippen LogP contribution in [-0.4, -0.2) is 41.9 Å². The summed E-state index contributed by atoms with van der Waals surface area (Å²) in [5.74, 6) is 0.429. The van der Waals surface area contributed by atoms with E-state index in [-0.39, 0.29) is 18.7 Å². The summed E-state index contributed by atoms with van der Waals surface area (Å²) in [6.45, 7) is 1.47. The molecule has 1 aromatic heterocycles. The van der Waals surface area contributed by atoms with Gasteiger partial charge >= 0.3 is 5.97 Å². The number of nitrogens with zero attached hydrogens (tertiary/aromatic N) is 2. The molecule has 2 heterocycles. The van der Waals surface area contributed by atoms with Crippen LogP contribution in [0.5, 0.6) is 5.75 Å². The van der Waals surface area contributed by atoms with Gasteiger partial charge in [-0.15, -0.1) is 0 Å². The van der Waals surface area contributed by atoms with Crippen molar-refractivity contribution in [2.75, 3.05) is 25.1 Å². The molecule has 2 aromatic carbocycles. The number of carbonyl (C=O) groups excluding carboxylic acids is 1. The van der Waals surface area contributed by atoms with Crippen molar-refractivity contribution in [3.05, 3.63) is 78.1 Å². The van der Waals surface area contributed by atoms with Crippen LogP contribution in [0.2, 0.25) is 0 Å². The summed E-state index contributed by atoms with van der Waals surface area (Å²) in [6.07, 6.45) is 3.91. The summed E-state index contributed by atoms with van der Waals surface area (Å²) >= 11 is 0. The molecule has 0 bridgehead atoms. The van der Waals surface area contributed by atoms with E-state index in [0.29, 0.717) is 5.56 Å². The van der Waals surface area contributed by atoms with Crippen molar-refractivity contribution in [2.45, 2.75) is 12.7 Å². The van der Waals surface area contributed by atoms with Crippen LogP contribution >= 0.6 is 0 Å². The van der Waals surface area contributed by atoms with Crippen LogP contribution < -0.4 is 9.64 Å². The lowest BCUT2D eigenvalue weighted by Crippen LogP contribution is -2.54. The fraction of sp³-hybridized carbons (Fsp3) is 0.227. The minimum absolute atomic E-state index is 0.0240. The summed E-state index contributed by atoms with van der Waals surface area (Å²) in [5.41, 5.74) is 3.17. The maximum Gasteiger partial charge on any atom is 0.340 e. The summed E-state index contributed by atoms with van der Waals surface area (Å²) in [4.78, 5) is 14.5. The summed E-state index contributed by atoms with van der Waals surface area (Å²) in [5, 5.41) is 9.13. The molecule has 1 aliphatic rings. The molecule has 3 aromatic rings. The molecule has 1 N–H and O–H groups in total. The van der Waals surface area contributed by atoms with Crippen LogP contribution in [-0.2, 0) is 11.3 Å². The van der Waals surface area contributed by atoms with E-state index < -0.39 is 0 Å². The van der Waals surface area contributed by atoms with E-state index in [9.17, 15) is 4.79 Å².